The lowest BCUT2D eigenvalue weighted by molar-refractivity contribution is 0.0795. The van der Waals surface area contributed by atoms with Crippen molar-refractivity contribution in [3.05, 3.63) is 0 Å². The Morgan fingerprint density at radius 3 is 2.65 bits per heavy atom. The highest BCUT2D eigenvalue weighted by molar-refractivity contribution is 4.87. The average Bonchev–Trinajstić information content (AvgIpc) is 3.01. The van der Waals surface area contributed by atoms with E-state index < -0.39 is 0 Å². The van der Waals surface area contributed by atoms with Crippen LogP contribution in [0.2, 0.25) is 0 Å². The number of hydrogen-bond donors (Lipinski definition) is 2. The maximum atomic E-state index is 9.63. The first-order chi connectivity index (χ1) is 8.28. The zero-order chi connectivity index (χ0) is 12.1. The van der Waals surface area contributed by atoms with Crippen molar-refractivity contribution in [2.75, 3.05) is 19.8 Å². The van der Waals surface area contributed by atoms with E-state index in [2.05, 4.69) is 0 Å². The highest BCUT2D eigenvalue weighted by atomic mass is 16.5. The van der Waals surface area contributed by atoms with Gasteiger partial charge in [-0.05, 0) is 38.0 Å². The fourth-order valence-corrected chi connectivity index (χ4v) is 3.01. The first-order valence-electron chi connectivity index (χ1n) is 7.20. The van der Waals surface area contributed by atoms with E-state index in [1.807, 2.05) is 0 Å². The van der Waals surface area contributed by atoms with Gasteiger partial charge in [-0.1, -0.05) is 19.3 Å². The van der Waals surface area contributed by atoms with Crippen LogP contribution in [0.25, 0.3) is 0 Å². The van der Waals surface area contributed by atoms with E-state index in [1.54, 1.807) is 0 Å². The fourth-order valence-electron chi connectivity index (χ4n) is 3.01. The van der Waals surface area contributed by atoms with E-state index >= 15 is 0 Å². The molecule has 1 aliphatic heterocycles. The molecule has 2 unspecified atom stereocenters. The van der Waals surface area contributed by atoms with Crippen LogP contribution in [0.3, 0.4) is 0 Å². The molecule has 3 heteroatoms. The lowest BCUT2D eigenvalue weighted by atomic mass is 9.78. The number of nitrogens with two attached hydrogens (primary N) is 1. The summed E-state index contributed by atoms with van der Waals surface area (Å²) >= 11 is 0. The molecule has 17 heavy (non-hydrogen) atoms. The molecule has 0 aromatic rings. The summed E-state index contributed by atoms with van der Waals surface area (Å²) in [5, 5.41) is 9.63. The zero-order valence-corrected chi connectivity index (χ0v) is 10.9. The molecule has 2 atom stereocenters. The quantitative estimate of drug-likeness (QED) is 0.684. The van der Waals surface area contributed by atoms with E-state index in [1.165, 1.54) is 25.7 Å². The van der Waals surface area contributed by atoms with Crippen molar-refractivity contribution >= 4 is 0 Å². The molecule has 3 N–H and O–H groups in total. The van der Waals surface area contributed by atoms with E-state index in [-0.39, 0.29) is 12.0 Å². The third-order valence-corrected chi connectivity index (χ3v) is 4.44. The predicted octanol–water partition coefficient (Wildman–Crippen LogP) is 2.07. The molecule has 1 aliphatic carbocycles. The highest BCUT2D eigenvalue weighted by Crippen LogP contribution is 2.42. The first kappa shape index (κ1) is 13.3. The van der Waals surface area contributed by atoms with Crippen molar-refractivity contribution in [2.45, 2.75) is 57.5 Å². The average molecular weight is 241 g/mol. The summed E-state index contributed by atoms with van der Waals surface area (Å²) in [7, 11) is 0. The van der Waals surface area contributed by atoms with Crippen LogP contribution in [-0.4, -0.2) is 31.0 Å². The molecule has 0 spiro atoms. The molecule has 2 rings (SSSR count). The van der Waals surface area contributed by atoms with Gasteiger partial charge in [-0.15, -0.1) is 0 Å². The second-order valence-electron chi connectivity index (χ2n) is 6.04. The molecule has 0 bridgehead atoms. The van der Waals surface area contributed by atoms with Crippen molar-refractivity contribution < 1.29 is 9.84 Å². The summed E-state index contributed by atoms with van der Waals surface area (Å²) in [6.07, 6.45) is 10.1. The van der Waals surface area contributed by atoms with Crippen LogP contribution in [0.4, 0.5) is 0 Å². The smallest absolute Gasteiger partial charge is 0.0576 e. The maximum Gasteiger partial charge on any atom is 0.0576 e. The topological polar surface area (TPSA) is 55.5 Å². The third kappa shape index (κ3) is 3.94. The molecule has 2 fully saturated rings. The molecule has 0 amide bonds. The first-order valence-corrected chi connectivity index (χ1v) is 7.20. The molecular formula is C14H27NO2. The largest absolute Gasteiger partial charge is 0.396 e. The second-order valence-corrected chi connectivity index (χ2v) is 6.04. The van der Waals surface area contributed by atoms with Gasteiger partial charge >= 0.3 is 0 Å². The number of ether oxygens (including phenoxy) is 1. The summed E-state index contributed by atoms with van der Waals surface area (Å²) in [6.45, 7) is 1.83. The van der Waals surface area contributed by atoms with Crippen LogP contribution in [-0.2, 0) is 4.74 Å². The van der Waals surface area contributed by atoms with Crippen molar-refractivity contribution in [3.8, 4) is 0 Å². The lowest BCUT2D eigenvalue weighted by Gasteiger charge is -2.31. The van der Waals surface area contributed by atoms with Crippen LogP contribution >= 0.6 is 0 Å². The molecule has 0 aromatic carbocycles. The number of hydrogen-bond acceptors (Lipinski definition) is 3. The van der Waals surface area contributed by atoms with E-state index in [0.29, 0.717) is 12.6 Å². The third-order valence-electron chi connectivity index (χ3n) is 4.44. The Bertz CT molecular complexity index is 218. The Morgan fingerprint density at radius 1 is 1.29 bits per heavy atom. The van der Waals surface area contributed by atoms with Crippen LogP contribution in [0.15, 0.2) is 0 Å². The standard InChI is InChI=1S/C14H27NO2/c15-10-14(11-16,9-12-5-6-12)7-1-3-13-4-2-8-17-13/h12-13,16H,1-11,15H2. The molecule has 0 radical (unpaired) electrons. The molecule has 3 nitrogen and oxygen atoms in total. The molecule has 1 saturated carbocycles. The van der Waals surface area contributed by atoms with Gasteiger partial charge in [-0.25, -0.2) is 0 Å². The fraction of sp³-hybridized carbons (Fsp3) is 1.00. The van der Waals surface area contributed by atoms with Gasteiger partial charge in [0.1, 0.15) is 0 Å². The molecule has 1 saturated heterocycles. The van der Waals surface area contributed by atoms with Crippen LogP contribution in [0, 0.1) is 11.3 Å². The van der Waals surface area contributed by atoms with Crippen molar-refractivity contribution in [2.24, 2.45) is 17.1 Å². The second kappa shape index (κ2) is 6.17. The van der Waals surface area contributed by atoms with Gasteiger partial charge in [0.15, 0.2) is 0 Å². The summed E-state index contributed by atoms with van der Waals surface area (Å²) in [5.74, 6) is 0.841. The van der Waals surface area contributed by atoms with Crippen molar-refractivity contribution in [3.63, 3.8) is 0 Å². The minimum atomic E-state index is -0.000227. The maximum absolute atomic E-state index is 9.63. The Morgan fingerprint density at radius 2 is 2.12 bits per heavy atom. The van der Waals surface area contributed by atoms with Crippen LogP contribution in [0.5, 0.6) is 0 Å². The number of rotatable bonds is 8. The summed E-state index contributed by atoms with van der Waals surface area (Å²) in [6, 6.07) is 0. The Labute approximate surface area is 105 Å². The lowest BCUT2D eigenvalue weighted by Crippen LogP contribution is -2.35. The summed E-state index contributed by atoms with van der Waals surface area (Å²) in [5.41, 5.74) is 5.90. The SMILES string of the molecule is NCC(CO)(CCCC1CCCO1)CC1CC1. The van der Waals surface area contributed by atoms with Gasteiger partial charge in [-0.2, -0.15) is 0 Å². The Hall–Kier alpha value is -0.120. The van der Waals surface area contributed by atoms with Gasteiger partial charge < -0.3 is 15.6 Å². The molecule has 0 aromatic heterocycles. The summed E-state index contributed by atoms with van der Waals surface area (Å²) < 4.78 is 5.63. The number of aliphatic hydroxyl groups excluding tert-OH is 1. The molecule has 2 aliphatic rings. The van der Waals surface area contributed by atoms with Crippen molar-refractivity contribution in [1.29, 1.82) is 0 Å². The minimum Gasteiger partial charge on any atom is -0.396 e. The van der Waals surface area contributed by atoms with Gasteiger partial charge in [0, 0.05) is 25.2 Å². The summed E-state index contributed by atoms with van der Waals surface area (Å²) in [4.78, 5) is 0. The highest BCUT2D eigenvalue weighted by Gasteiger charge is 2.35. The Balaban J connectivity index is 1.71. The van der Waals surface area contributed by atoms with Gasteiger partial charge in [0.05, 0.1) is 6.10 Å². The van der Waals surface area contributed by atoms with Gasteiger partial charge in [-0.3, -0.25) is 0 Å². The van der Waals surface area contributed by atoms with Gasteiger partial charge in [0.25, 0.3) is 0 Å². The van der Waals surface area contributed by atoms with Crippen LogP contribution in [0.1, 0.15) is 51.4 Å². The minimum absolute atomic E-state index is 0.000227. The van der Waals surface area contributed by atoms with Crippen molar-refractivity contribution in [1.82, 2.24) is 0 Å². The van der Waals surface area contributed by atoms with Gasteiger partial charge in [0.2, 0.25) is 0 Å². The van der Waals surface area contributed by atoms with E-state index in [0.717, 1.165) is 38.2 Å². The van der Waals surface area contributed by atoms with E-state index in [4.69, 9.17) is 10.5 Å². The molecule has 1 heterocycles. The normalized spacial score (nSPS) is 28.2. The van der Waals surface area contributed by atoms with E-state index in [9.17, 15) is 5.11 Å². The molecular weight excluding hydrogens is 214 g/mol. The Kier molecular flexibility index (Phi) is 4.83. The zero-order valence-electron chi connectivity index (χ0n) is 10.9. The van der Waals surface area contributed by atoms with Crippen LogP contribution < -0.4 is 5.73 Å². The monoisotopic (exact) mass is 241 g/mol. The predicted molar refractivity (Wildman–Crippen MR) is 68.7 cm³/mol. The molecule has 100 valence electrons. The number of aliphatic hydroxyl groups is 1.